The van der Waals surface area contributed by atoms with E-state index in [1.54, 1.807) is 12.1 Å². The molecule has 26 heavy (non-hydrogen) atoms. The van der Waals surface area contributed by atoms with E-state index in [0.717, 1.165) is 39.0 Å². The van der Waals surface area contributed by atoms with Crippen LogP contribution in [0.15, 0.2) is 12.1 Å². The lowest BCUT2D eigenvalue weighted by Gasteiger charge is -2.37. The van der Waals surface area contributed by atoms with Gasteiger partial charge in [0.05, 0.1) is 16.4 Å². The fraction of sp³-hybridized carbons (Fsp3) is 0.556. The van der Waals surface area contributed by atoms with Crippen LogP contribution in [-0.2, 0) is 4.79 Å². The predicted octanol–water partition coefficient (Wildman–Crippen LogP) is 2.76. The molecule has 2 N–H and O–H groups in total. The van der Waals surface area contributed by atoms with Crippen LogP contribution >= 0.6 is 11.6 Å². The molecule has 2 fully saturated rings. The van der Waals surface area contributed by atoms with Gasteiger partial charge in [0.2, 0.25) is 0 Å². The quantitative estimate of drug-likeness (QED) is 0.829. The molecule has 0 spiro atoms. The Morgan fingerprint density at radius 1 is 1.23 bits per heavy atom. The van der Waals surface area contributed by atoms with Gasteiger partial charge in [-0.15, -0.1) is 0 Å². The van der Waals surface area contributed by atoms with E-state index >= 15 is 0 Å². The Kier molecular flexibility index (Phi) is 4.91. The minimum Gasteiger partial charge on any atom is -0.482 e. The molecule has 0 saturated carbocycles. The fourth-order valence-corrected chi connectivity index (χ4v) is 4.15. The monoisotopic (exact) mass is 378 g/mol. The molecule has 2 saturated heterocycles. The largest absolute Gasteiger partial charge is 0.482 e. The molecule has 0 unspecified atom stereocenters. The molecule has 0 aromatic heterocycles. The molecular weight excluding hydrogens is 356 g/mol. The highest BCUT2D eigenvalue weighted by Crippen LogP contribution is 2.36. The summed E-state index contributed by atoms with van der Waals surface area (Å²) in [5.41, 5.74) is 1.02. The molecule has 1 aromatic carbocycles. The first-order valence-corrected chi connectivity index (χ1v) is 9.54. The number of anilines is 2. The number of halogens is 1. The zero-order chi connectivity index (χ0) is 18.1. The molecule has 7 nitrogen and oxygen atoms in total. The number of hydrogen-bond donors (Lipinski definition) is 2. The van der Waals surface area contributed by atoms with Crippen molar-refractivity contribution in [1.29, 1.82) is 0 Å². The Morgan fingerprint density at radius 2 is 2.04 bits per heavy atom. The number of likely N-dealkylation sites (tertiary alicyclic amines) is 2. The second-order valence-electron chi connectivity index (χ2n) is 7.08. The first-order chi connectivity index (χ1) is 12.6. The fourth-order valence-electron chi connectivity index (χ4n) is 3.93. The number of benzene rings is 1. The van der Waals surface area contributed by atoms with Crippen LogP contribution in [0.25, 0.3) is 0 Å². The van der Waals surface area contributed by atoms with E-state index in [0.29, 0.717) is 28.2 Å². The normalized spacial score (nSPS) is 23.2. The van der Waals surface area contributed by atoms with Crippen molar-refractivity contribution in [3.05, 3.63) is 17.2 Å². The van der Waals surface area contributed by atoms with E-state index in [4.69, 9.17) is 16.3 Å². The van der Waals surface area contributed by atoms with E-state index in [2.05, 4.69) is 15.5 Å². The first kappa shape index (κ1) is 17.4. The molecule has 0 aliphatic carbocycles. The number of carbonyl (C=O) groups excluding carboxylic acids is 2. The third kappa shape index (κ3) is 3.59. The van der Waals surface area contributed by atoms with Gasteiger partial charge in [0.25, 0.3) is 5.91 Å². The molecular formula is C18H23ClN4O3. The Bertz CT molecular complexity index is 721. The number of urea groups is 1. The third-order valence-electron chi connectivity index (χ3n) is 5.28. The van der Waals surface area contributed by atoms with Gasteiger partial charge in [-0.2, -0.15) is 0 Å². The molecule has 1 atom stereocenters. The van der Waals surface area contributed by atoms with Gasteiger partial charge in [-0.3, -0.25) is 9.69 Å². The summed E-state index contributed by atoms with van der Waals surface area (Å²) in [7, 11) is 0. The van der Waals surface area contributed by atoms with Gasteiger partial charge in [-0.25, -0.2) is 4.79 Å². The lowest BCUT2D eigenvalue weighted by atomic mass is 10.0. The minimum absolute atomic E-state index is 0.0361. The maximum atomic E-state index is 12.7. The number of fused-ring (bicyclic) bond motifs is 1. The molecule has 140 valence electrons. The molecule has 3 heterocycles. The second-order valence-corrected chi connectivity index (χ2v) is 7.49. The minimum atomic E-state index is -0.216. The molecule has 8 heteroatoms. The third-order valence-corrected chi connectivity index (χ3v) is 5.60. The van der Waals surface area contributed by atoms with Crippen molar-refractivity contribution in [3.63, 3.8) is 0 Å². The van der Waals surface area contributed by atoms with Crippen molar-refractivity contribution >= 4 is 34.9 Å². The first-order valence-electron chi connectivity index (χ1n) is 9.16. The Hall–Kier alpha value is -1.99. The van der Waals surface area contributed by atoms with Gasteiger partial charge >= 0.3 is 6.03 Å². The second kappa shape index (κ2) is 7.32. The highest BCUT2D eigenvalue weighted by atomic mass is 35.5. The van der Waals surface area contributed by atoms with Crippen LogP contribution in [0.2, 0.25) is 5.02 Å². The topological polar surface area (TPSA) is 73.9 Å². The van der Waals surface area contributed by atoms with Gasteiger partial charge < -0.3 is 20.3 Å². The number of nitrogens with zero attached hydrogens (tertiary/aromatic N) is 2. The van der Waals surface area contributed by atoms with Gasteiger partial charge in [-0.05, 0) is 44.8 Å². The van der Waals surface area contributed by atoms with Crippen LogP contribution in [0.4, 0.5) is 16.2 Å². The smallest absolute Gasteiger partial charge is 0.321 e. The Balaban J connectivity index is 1.43. The van der Waals surface area contributed by atoms with Crippen molar-refractivity contribution in [2.75, 3.05) is 43.4 Å². The zero-order valence-electron chi connectivity index (χ0n) is 14.6. The number of rotatable bonds is 2. The summed E-state index contributed by atoms with van der Waals surface area (Å²) in [5.74, 6) is 0.296. The molecule has 1 aromatic rings. The summed E-state index contributed by atoms with van der Waals surface area (Å²) >= 11 is 6.28. The molecule has 3 aliphatic heterocycles. The average Bonchev–Trinajstić information content (AvgIpc) is 3.17. The number of amides is 3. The maximum absolute atomic E-state index is 12.7. The highest BCUT2D eigenvalue weighted by Gasteiger charge is 2.29. The number of hydrogen-bond acceptors (Lipinski definition) is 4. The Morgan fingerprint density at radius 3 is 2.85 bits per heavy atom. The predicted molar refractivity (Wildman–Crippen MR) is 100.0 cm³/mol. The van der Waals surface area contributed by atoms with Crippen molar-refractivity contribution in [2.45, 2.75) is 31.7 Å². The molecule has 0 bridgehead atoms. The summed E-state index contributed by atoms with van der Waals surface area (Å²) < 4.78 is 5.40. The van der Waals surface area contributed by atoms with Crippen molar-refractivity contribution < 1.29 is 14.3 Å². The van der Waals surface area contributed by atoms with Gasteiger partial charge in [0.1, 0.15) is 5.75 Å². The lowest BCUT2D eigenvalue weighted by Crippen LogP contribution is -2.50. The molecule has 3 amide bonds. The summed E-state index contributed by atoms with van der Waals surface area (Å²) in [4.78, 5) is 28.5. The Labute approximate surface area is 157 Å². The zero-order valence-corrected chi connectivity index (χ0v) is 15.3. The standard InChI is InChI=1S/C18H23ClN4O3/c19-13-8-15-16(26-11-17(24)20-15)9-14(13)21-18(25)23-7-3-4-12(10-23)22-5-1-2-6-22/h8-9,12H,1-7,10-11H2,(H,20,24)(H,21,25)/t12-/m1/s1. The summed E-state index contributed by atoms with van der Waals surface area (Å²) in [5, 5.41) is 5.97. The van der Waals surface area contributed by atoms with E-state index in [-0.39, 0.29) is 18.5 Å². The van der Waals surface area contributed by atoms with Gasteiger partial charge in [0.15, 0.2) is 6.61 Å². The van der Waals surface area contributed by atoms with E-state index in [1.807, 2.05) is 4.90 Å². The van der Waals surface area contributed by atoms with E-state index < -0.39 is 0 Å². The van der Waals surface area contributed by atoms with Crippen molar-refractivity contribution in [3.8, 4) is 5.75 Å². The summed E-state index contributed by atoms with van der Waals surface area (Å²) in [6.07, 6.45) is 4.67. The lowest BCUT2D eigenvalue weighted by molar-refractivity contribution is -0.118. The maximum Gasteiger partial charge on any atom is 0.321 e. The average molecular weight is 379 g/mol. The van der Waals surface area contributed by atoms with Crippen LogP contribution in [0.5, 0.6) is 5.75 Å². The van der Waals surface area contributed by atoms with Gasteiger partial charge in [-0.1, -0.05) is 11.6 Å². The SMILES string of the molecule is O=C1COc2cc(NC(=O)N3CCC[C@@H](N4CCCC4)C3)c(Cl)cc2N1. The number of carbonyl (C=O) groups is 2. The number of piperidine rings is 1. The van der Waals surface area contributed by atoms with Gasteiger partial charge in [0, 0.05) is 25.2 Å². The van der Waals surface area contributed by atoms with Crippen LogP contribution in [-0.4, -0.2) is 60.6 Å². The molecule has 4 rings (SSSR count). The molecule has 3 aliphatic rings. The van der Waals surface area contributed by atoms with Crippen molar-refractivity contribution in [1.82, 2.24) is 9.80 Å². The highest BCUT2D eigenvalue weighted by molar-refractivity contribution is 6.34. The van der Waals surface area contributed by atoms with Crippen LogP contribution in [0.3, 0.4) is 0 Å². The summed E-state index contributed by atoms with van der Waals surface area (Å²) in [6.45, 7) is 3.75. The van der Waals surface area contributed by atoms with Crippen molar-refractivity contribution in [2.24, 2.45) is 0 Å². The number of nitrogens with one attached hydrogen (secondary N) is 2. The van der Waals surface area contributed by atoms with Crippen LogP contribution in [0, 0.1) is 0 Å². The number of ether oxygens (including phenoxy) is 1. The van der Waals surface area contributed by atoms with E-state index in [1.165, 1.54) is 12.8 Å². The van der Waals surface area contributed by atoms with Crippen LogP contribution < -0.4 is 15.4 Å². The van der Waals surface area contributed by atoms with E-state index in [9.17, 15) is 9.59 Å². The van der Waals surface area contributed by atoms with Crippen LogP contribution in [0.1, 0.15) is 25.7 Å². The molecule has 0 radical (unpaired) electrons. The summed E-state index contributed by atoms with van der Waals surface area (Å²) in [6, 6.07) is 3.58.